The Kier molecular flexibility index (Phi) is 7.27. The number of hydrogen-bond acceptors (Lipinski definition) is 5. The van der Waals surface area contributed by atoms with E-state index in [4.69, 9.17) is 22.1 Å². The first-order chi connectivity index (χ1) is 13.8. The van der Waals surface area contributed by atoms with E-state index in [1.54, 1.807) is 31.2 Å². The van der Waals surface area contributed by atoms with Gasteiger partial charge in [-0.1, -0.05) is 34.4 Å². The molecule has 1 amide bonds. The molecule has 0 aromatic heterocycles. The third-order valence-corrected chi connectivity index (χ3v) is 4.97. The monoisotopic (exact) mass is 390 g/mol. The number of carbonyl (C=O) groups excluding carboxylic acids is 1. The van der Waals surface area contributed by atoms with E-state index in [2.05, 4.69) is 16.4 Å². The summed E-state index contributed by atoms with van der Waals surface area (Å²) in [7, 11) is 1.51. The van der Waals surface area contributed by atoms with Crippen LogP contribution >= 0.6 is 0 Å². The van der Waals surface area contributed by atoms with Gasteiger partial charge in [-0.3, -0.25) is 15.6 Å². The van der Waals surface area contributed by atoms with Gasteiger partial charge in [-0.15, -0.1) is 6.42 Å². The highest BCUT2D eigenvalue weighted by atomic mass is 16.6. The van der Waals surface area contributed by atoms with Crippen LogP contribution in [0, 0.1) is 23.2 Å². The summed E-state index contributed by atoms with van der Waals surface area (Å²) in [5, 5.41) is 23.0. The van der Waals surface area contributed by atoms with E-state index in [0.717, 1.165) is 16.7 Å². The molecule has 0 saturated heterocycles. The topological polar surface area (TPSA) is 98.4 Å². The maximum absolute atomic E-state index is 11.9. The summed E-state index contributed by atoms with van der Waals surface area (Å²) in [6, 6.07) is 7.11. The van der Waals surface area contributed by atoms with E-state index in [1.165, 1.54) is 12.6 Å². The zero-order valence-corrected chi connectivity index (χ0v) is 17.3. The van der Waals surface area contributed by atoms with Crippen molar-refractivity contribution in [1.82, 2.24) is 5.32 Å². The van der Waals surface area contributed by atoms with Crippen molar-refractivity contribution in [2.45, 2.75) is 33.6 Å². The molecule has 0 fully saturated rings. The predicted octanol–water partition coefficient (Wildman–Crippen LogP) is 3.62. The molecule has 0 unspecified atom stereocenters. The van der Waals surface area contributed by atoms with Gasteiger partial charge < -0.3 is 10.2 Å². The highest BCUT2D eigenvalue weighted by Gasteiger charge is 2.23. The number of oxime groups is 1. The van der Waals surface area contributed by atoms with Crippen molar-refractivity contribution in [3.8, 4) is 12.3 Å². The largest absolute Gasteiger partial charge is 0.391 e. The number of nitrogens with zero attached hydrogens (tertiary/aromatic N) is 1. The lowest BCUT2D eigenvalue weighted by Gasteiger charge is -2.22. The molecule has 1 aromatic rings. The average Bonchev–Trinajstić information content (AvgIpc) is 2.74. The van der Waals surface area contributed by atoms with Crippen molar-refractivity contribution in [2.75, 3.05) is 13.7 Å². The molecular formula is C23H26N4O2. The van der Waals surface area contributed by atoms with E-state index < -0.39 is 5.91 Å². The molecule has 0 aliphatic heterocycles. The Morgan fingerprint density at radius 2 is 1.79 bits per heavy atom. The van der Waals surface area contributed by atoms with Crippen molar-refractivity contribution in [2.24, 2.45) is 5.16 Å². The van der Waals surface area contributed by atoms with E-state index in [-0.39, 0.29) is 18.0 Å². The zero-order chi connectivity index (χ0) is 21.6. The van der Waals surface area contributed by atoms with Gasteiger partial charge in [-0.25, -0.2) is 0 Å². The van der Waals surface area contributed by atoms with E-state index in [9.17, 15) is 4.79 Å². The third kappa shape index (κ3) is 5.29. The molecule has 6 nitrogen and oxygen atoms in total. The van der Waals surface area contributed by atoms with Crippen LogP contribution in [0.1, 0.15) is 44.7 Å². The number of hydrogen-bond donors (Lipinski definition) is 3. The standard InChI is InChI=1S/C23H26N4O2/c1-6-17-7-9-18(10-8-17)21(24)16(4)27-29-13-19-11-14(2)15(3)12-20(19)22(25)23(28)26-5/h1,7-10,24-25H,11-13H2,2-5H3,(H,26,28)/b24-21?,25-22?,27-16+. The van der Waals surface area contributed by atoms with Gasteiger partial charge in [-0.05, 0) is 56.9 Å². The minimum Gasteiger partial charge on any atom is -0.391 e. The molecule has 1 aromatic carbocycles. The molecule has 1 aliphatic rings. The zero-order valence-electron chi connectivity index (χ0n) is 17.3. The highest BCUT2D eigenvalue weighted by molar-refractivity contribution is 6.46. The van der Waals surface area contributed by atoms with Gasteiger partial charge in [0.15, 0.2) is 0 Å². The number of rotatable bonds is 7. The summed E-state index contributed by atoms with van der Waals surface area (Å²) in [4.78, 5) is 17.4. The molecule has 0 spiro atoms. The average molecular weight is 390 g/mol. The second kappa shape index (κ2) is 9.65. The second-order valence-corrected chi connectivity index (χ2v) is 7.00. The maximum Gasteiger partial charge on any atom is 0.269 e. The highest BCUT2D eigenvalue weighted by Crippen LogP contribution is 2.30. The van der Waals surface area contributed by atoms with E-state index in [0.29, 0.717) is 29.7 Å². The second-order valence-electron chi connectivity index (χ2n) is 7.00. The summed E-state index contributed by atoms with van der Waals surface area (Å²) in [6.45, 7) is 5.92. The first-order valence-electron chi connectivity index (χ1n) is 9.28. The van der Waals surface area contributed by atoms with Crippen LogP contribution < -0.4 is 5.32 Å². The van der Waals surface area contributed by atoms with Crippen molar-refractivity contribution < 1.29 is 9.63 Å². The summed E-state index contributed by atoms with van der Waals surface area (Å²) in [5.74, 6) is 2.13. The van der Waals surface area contributed by atoms with Crippen molar-refractivity contribution in [3.05, 3.63) is 57.7 Å². The van der Waals surface area contributed by atoms with Crippen LogP contribution in [-0.2, 0) is 9.63 Å². The van der Waals surface area contributed by atoms with Crippen molar-refractivity contribution in [1.29, 1.82) is 10.8 Å². The molecule has 0 bridgehead atoms. The Labute approximate surface area is 171 Å². The molecule has 6 heteroatoms. The minimum atomic E-state index is -0.415. The smallest absolute Gasteiger partial charge is 0.269 e. The molecule has 0 heterocycles. The Morgan fingerprint density at radius 1 is 1.17 bits per heavy atom. The normalized spacial score (nSPS) is 14.4. The minimum absolute atomic E-state index is 0.0417. The number of terminal acetylenes is 1. The first kappa shape index (κ1) is 21.8. The van der Waals surface area contributed by atoms with Crippen LogP contribution in [0.25, 0.3) is 0 Å². The molecule has 2 rings (SSSR count). The molecule has 0 saturated carbocycles. The fourth-order valence-electron chi connectivity index (χ4n) is 2.98. The fourth-order valence-corrected chi connectivity index (χ4v) is 2.98. The molecule has 150 valence electrons. The van der Waals surface area contributed by atoms with Gasteiger partial charge in [0, 0.05) is 18.2 Å². The number of allylic oxidation sites excluding steroid dienone is 2. The van der Waals surface area contributed by atoms with Crippen LogP contribution in [0.15, 0.2) is 51.7 Å². The van der Waals surface area contributed by atoms with Crippen LogP contribution in [0.2, 0.25) is 0 Å². The molecule has 1 aliphatic carbocycles. The number of carbonyl (C=O) groups is 1. The molecule has 3 N–H and O–H groups in total. The van der Waals surface area contributed by atoms with Gasteiger partial charge in [0.05, 0.1) is 5.71 Å². The summed E-state index contributed by atoms with van der Waals surface area (Å²) < 4.78 is 0. The number of amides is 1. The van der Waals surface area contributed by atoms with Crippen molar-refractivity contribution in [3.63, 3.8) is 0 Å². The maximum atomic E-state index is 11.9. The van der Waals surface area contributed by atoms with Gasteiger partial charge in [0.1, 0.15) is 18.0 Å². The fraction of sp³-hybridized carbons (Fsp3) is 0.304. The SMILES string of the molecule is C#Cc1ccc(C(=N)/C(C)=N/OCC2=C(C(=N)C(=O)NC)CC(C)=C(C)C2)cc1. The van der Waals surface area contributed by atoms with Gasteiger partial charge in [0.25, 0.3) is 5.91 Å². The van der Waals surface area contributed by atoms with E-state index >= 15 is 0 Å². The lowest BCUT2D eigenvalue weighted by molar-refractivity contribution is -0.114. The van der Waals surface area contributed by atoms with Gasteiger partial charge >= 0.3 is 0 Å². The lowest BCUT2D eigenvalue weighted by Crippen LogP contribution is -2.30. The van der Waals surface area contributed by atoms with Crippen LogP contribution in [0.5, 0.6) is 0 Å². The van der Waals surface area contributed by atoms with Gasteiger partial charge in [-0.2, -0.15) is 0 Å². The van der Waals surface area contributed by atoms with Crippen LogP contribution in [0.4, 0.5) is 0 Å². The van der Waals surface area contributed by atoms with Gasteiger partial charge in [0.2, 0.25) is 0 Å². The summed E-state index contributed by atoms with van der Waals surface area (Å²) in [6.07, 6.45) is 6.55. The first-order valence-corrected chi connectivity index (χ1v) is 9.28. The number of benzene rings is 1. The van der Waals surface area contributed by atoms with Crippen LogP contribution in [-0.4, -0.2) is 36.7 Å². The molecule has 0 atom stereocenters. The lowest BCUT2D eigenvalue weighted by atomic mass is 9.85. The van der Waals surface area contributed by atoms with Crippen LogP contribution in [0.3, 0.4) is 0 Å². The summed E-state index contributed by atoms with van der Waals surface area (Å²) in [5.41, 5.74) is 6.00. The molecule has 29 heavy (non-hydrogen) atoms. The Hall–Kier alpha value is -3.46. The quantitative estimate of drug-likeness (QED) is 0.287. The predicted molar refractivity (Wildman–Crippen MR) is 117 cm³/mol. The molecular weight excluding hydrogens is 364 g/mol. The third-order valence-electron chi connectivity index (χ3n) is 4.97. The summed E-state index contributed by atoms with van der Waals surface area (Å²) >= 11 is 0. The molecule has 0 radical (unpaired) electrons. The Balaban J connectivity index is 2.13. The van der Waals surface area contributed by atoms with Crippen molar-refractivity contribution >= 4 is 23.0 Å². The Morgan fingerprint density at radius 3 is 2.38 bits per heavy atom. The Bertz CT molecular complexity index is 973. The number of nitrogens with one attached hydrogen (secondary N) is 3. The van der Waals surface area contributed by atoms with E-state index in [1.807, 2.05) is 13.8 Å².